The first-order valence-electron chi connectivity index (χ1n) is 7.75. The van der Waals surface area contributed by atoms with Gasteiger partial charge < -0.3 is 10.6 Å². The van der Waals surface area contributed by atoms with E-state index in [0.29, 0.717) is 5.92 Å². The van der Waals surface area contributed by atoms with Crippen LogP contribution in [0.3, 0.4) is 0 Å². The molecule has 3 nitrogen and oxygen atoms in total. The Morgan fingerprint density at radius 3 is 2.52 bits per heavy atom. The molecule has 2 rings (SSSR count). The molecule has 2 N–H and O–H groups in total. The summed E-state index contributed by atoms with van der Waals surface area (Å²) >= 11 is 5.95. The third-order valence-electron chi connectivity index (χ3n) is 4.58. The minimum Gasteiger partial charge on any atom is -0.349 e. The average Bonchev–Trinajstić information content (AvgIpc) is 2.95. The molecule has 2 atom stereocenters. The molecular formula is C17H25ClN2O. The topological polar surface area (TPSA) is 41.1 Å². The monoisotopic (exact) mass is 308 g/mol. The Bertz CT molecular complexity index is 478. The fraction of sp³-hybridized carbons (Fsp3) is 0.588. The zero-order chi connectivity index (χ0) is 15.5. The number of carbonyl (C=O) groups excluding carboxylic acids is 1. The van der Waals surface area contributed by atoms with Crippen molar-refractivity contribution in [2.24, 2.45) is 11.3 Å². The van der Waals surface area contributed by atoms with Crippen molar-refractivity contribution < 1.29 is 4.79 Å². The highest BCUT2D eigenvalue weighted by atomic mass is 35.5. The van der Waals surface area contributed by atoms with E-state index in [1.165, 1.54) is 0 Å². The normalized spacial score (nSPS) is 23.3. The standard InChI is InChI=1S/C17H25ClN2O/c1-4-17(9-10-19-11-17)16(21)20-15(12(2)3)13-5-7-14(18)8-6-13/h5-8,12,15,19H,4,9-11H2,1-3H3,(H,20,21). The van der Waals surface area contributed by atoms with E-state index in [4.69, 9.17) is 11.6 Å². The van der Waals surface area contributed by atoms with Crippen LogP contribution < -0.4 is 10.6 Å². The summed E-state index contributed by atoms with van der Waals surface area (Å²) in [5, 5.41) is 7.30. The average molecular weight is 309 g/mol. The van der Waals surface area contributed by atoms with E-state index in [1.54, 1.807) is 0 Å². The summed E-state index contributed by atoms with van der Waals surface area (Å²) in [5.74, 6) is 0.502. The van der Waals surface area contributed by atoms with Crippen molar-refractivity contribution in [2.75, 3.05) is 13.1 Å². The molecule has 4 heteroatoms. The van der Waals surface area contributed by atoms with Gasteiger partial charge >= 0.3 is 0 Å². The lowest BCUT2D eigenvalue weighted by Crippen LogP contribution is -2.44. The number of carbonyl (C=O) groups is 1. The Morgan fingerprint density at radius 1 is 1.38 bits per heavy atom. The molecule has 116 valence electrons. The van der Waals surface area contributed by atoms with Crippen LogP contribution >= 0.6 is 11.6 Å². The quantitative estimate of drug-likeness (QED) is 0.873. The zero-order valence-corrected chi connectivity index (χ0v) is 13.8. The second-order valence-electron chi connectivity index (χ2n) is 6.31. The van der Waals surface area contributed by atoms with Gasteiger partial charge in [0, 0.05) is 11.6 Å². The van der Waals surface area contributed by atoms with E-state index in [1.807, 2.05) is 24.3 Å². The van der Waals surface area contributed by atoms with Gasteiger partial charge in [-0.25, -0.2) is 0 Å². The van der Waals surface area contributed by atoms with Gasteiger partial charge in [-0.05, 0) is 43.0 Å². The Morgan fingerprint density at radius 2 is 2.05 bits per heavy atom. The number of hydrogen-bond acceptors (Lipinski definition) is 2. The third kappa shape index (κ3) is 3.58. The molecule has 0 aliphatic carbocycles. The van der Waals surface area contributed by atoms with Crippen molar-refractivity contribution in [3.8, 4) is 0 Å². The van der Waals surface area contributed by atoms with Gasteiger partial charge in [0.2, 0.25) is 5.91 Å². The first-order chi connectivity index (χ1) is 9.98. The van der Waals surface area contributed by atoms with Gasteiger partial charge in [-0.1, -0.05) is 44.5 Å². The lowest BCUT2D eigenvalue weighted by molar-refractivity contribution is -0.131. The Labute approximate surface area is 132 Å². The maximum atomic E-state index is 12.8. The van der Waals surface area contributed by atoms with E-state index < -0.39 is 0 Å². The Kier molecular flexibility index (Phi) is 5.28. The summed E-state index contributed by atoms with van der Waals surface area (Å²) in [6, 6.07) is 7.78. The van der Waals surface area contributed by atoms with Crippen LogP contribution in [0, 0.1) is 11.3 Å². The molecule has 1 saturated heterocycles. The van der Waals surface area contributed by atoms with Crippen LogP contribution in [0.15, 0.2) is 24.3 Å². The number of benzene rings is 1. The Hall–Kier alpha value is -1.06. The van der Waals surface area contributed by atoms with Crippen molar-refractivity contribution in [1.29, 1.82) is 0 Å². The largest absolute Gasteiger partial charge is 0.349 e. The van der Waals surface area contributed by atoms with E-state index in [9.17, 15) is 4.79 Å². The second-order valence-corrected chi connectivity index (χ2v) is 6.74. The molecule has 1 fully saturated rings. The van der Waals surface area contributed by atoms with E-state index in [0.717, 1.165) is 36.5 Å². The fourth-order valence-electron chi connectivity index (χ4n) is 3.00. The Balaban J connectivity index is 2.16. The number of amides is 1. The summed E-state index contributed by atoms with van der Waals surface area (Å²) < 4.78 is 0. The fourth-order valence-corrected chi connectivity index (χ4v) is 3.13. The number of rotatable bonds is 5. The van der Waals surface area contributed by atoms with Crippen molar-refractivity contribution in [3.63, 3.8) is 0 Å². The SMILES string of the molecule is CCC1(C(=O)NC(c2ccc(Cl)cc2)C(C)C)CCNC1. The van der Waals surface area contributed by atoms with Gasteiger partial charge in [0.25, 0.3) is 0 Å². The molecule has 0 bridgehead atoms. The van der Waals surface area contributed by atoms with Gasteiger partial charge in [-0.3, -0.25) is 4.79 Å². The lowest BCUT2D eigenvalue weighted by atomic mass is 9.82. The molecule has 1 heterocycles. The minimum atomic E-state index is -0.250. The number of hydrogen-bond donors (Lipinski definition) is 2. The van der Waals surface area contributed by atoms with Crippen molar-refractivity contribution >= 4 is 17.5 Å². The van der Waals surface area contributed by atoms with Crippen LogP contribution in [-0.4, -0.2) is 19.0 Å². The maximum absolute atomic E-state index is 12.8. The molecule has 1 aliphatic rings. The molecule has 0 saturated carbocycles. The molecule has 2 unspecified atom stereocenters. The number of halogens is 1. The van der Waals surface area contributed by atoms with Crippen LogP contribution in [0.5, 0.6) is 0 Å². The van der Waals surface area contributed by atoms with E-state index >= 15 is 0 Å². The van der Waals surface area contributed by atoms with Gasteiger partial charge in [-0.2, -0.15) is 0 Å². The predicted molar refractivity (Wildman–Crippen MR) is 87.4 cm³/mol. The predicted octanol–water partition coefficient (Wildman–Crippen LogP) is 3.54. The number of nitrogens with one attached hydrogen (secondary N) is 2. The van der Waals surface area contributed by atoms with Gasteiger partial charge in [0.15, 0.2) is 0 Å². The molecular weight excluding hydrogens is 284 g/mol. The third-order valence-corrected chi connectivity index (χ3v) is 4.84. The molecule has 0 aromatic heterocycles. The van der Waals surface area contributed by atoms with Crippen LogP contribution in [-0.2, 0) is 4.79 Å². The van der Waals surface area contributed by atoms with Crippen molar-refractivity contribution in [2.45, 2.75) is 39.7 Å². The second kappa shape index (κ2) is 6.80. The highest BCUT2D eigenvalue weighted by Gasteiger charge is 2.40. The highest BCUT2D eigenvalue weighted by molar-refractivity contribution is 6.30. The van der Waals surface area contributed by atoms with E-state index in [2.05, 4.69) is 31.4 Å². The van der Waals surface area contributed by atoms with E-state index in [-0.39, 0.29) is 17.4 Å². The van der Waals surface area contributed by atoms with Crippen molar-refractivity contribution in [1.82, 2.24) is 10.6 Å². The van der Waals surface area contributed by atoms with Crippen LogP contribution in [0.2, 0.25) is 5.02 Å². The first-order valence-corrected chi connectivity index (χ1v) is 8.13. The molecule has 21 heavy (non-hydrogen) atoms. The summed E-state index contributed by atoms with van der Waals surface area (Å²) in [5.41, 5.74) is 0.861. The summed E-state index contributed by atoms with van der Waals surface area (Å²) in [6.07, 6.45) is 1.79. The summed E-state index contributed by atoms with van der Waals surface area (Å²) in [7, 11) is 0. The van der Waals surface area contributed by atoms with Crippen molar-refractivity contribution in [3.05, 3.63) is 34.9 Å². The molecule has 0 radical (unpaired) electrons. The highest BCUT2D eigenvalue weighted by Crippen LogP contribution is 2.32. The van der Waals surface area contributed by atoms with Gasteiger partial charge in [-0.15, -0.1) is 0 Å². The van der Waals surface area contributed by atoms with Crippen LogP contribution in [0.4, 0.5) is 0 Å². The van der Waals surface area contributed by atoms with Crippen LogP contribution in [0.25, 0.3) is 0 Å². The van der Waals surface area contributed by atoms with Gasteiger partial charge in [0.05, 0.1) is 11.5 Å². The molecule has 1 aromatic rings. The molecule has 1 aliphatic heterocycles. The molecule has 0 spiro atoms. The molecule has 1 aromatic carbocycles. The summed E-state index contributed by atoms with van der Waals surface area (Å²) in [4.78, 5) is 12.8. The molecule has 1 amide bonds. The maximum Gasteiger partial charge on any atom is 0.228 e. The summed E-state index contributed by atoms with van der Waals surface area (Å²) in [6.45, 7) is 8.06. The minimum absolute atomic E-state index is 0.0267. The lowest BCUT2D eigenvalue weighted by Gasteiger charge is -2.30. The zero-order valence-electron chi connectivity index (χ0n) is 13.1. The van der Waals surface area contributed by atoms with Gasteiger partial charge in [0.1, 0.15) is 0 Å². The smallest absolute Gasteiger partial charge is 0.228 e. The van der Waals surface area contributed by atoms with Crippen LogP contribution in [0.1, 0.15) is 45.2 Å². The first kappa shape index (κ1) is 16.3.